The fourth-order valence-corrected chi connectivity index (χ4v) is 5.23. The van der Waals surface area contributed by atoms with Gasteiger partial charge in [0.25, 0.3) is 0 Å². The first-order valence-corrected chi connectivity index (χ1v) is 13.1. The summed E-state index contributed by atoms with van der Waals surface area (Å²) >= 11 is 0. The maximum atomic E-state index is 15.8. The number of nitrogens with zero attached hydrogens (tertiary/aromatic N) is 7. The van der Waals surface area contributed by atoms with E-state index >= 15 is 4.39 Å². The van der Waals surface area contributed by atoms with Gasteiger partial charge in [0.05, 0.1) is 28.0 Å². The number of pyridine rings is 1. The Morgan fingerprint density at radius 2 is 1.93 bits per heavy atom. The Bertz CT molecular complexity index is 1730. The van der Waals surface area contributed by atoms with Crippen LogP contribution in [0.2, 0.25) is 0 Å². The van der Waals surface area contributed by atoms with E-state index in [1.54, 1.807) is 11.8 Å². The van der Waals surface area contributed by atoms with Gasteiger partial charge in [-0.1, -0.05) is 26.5 Å². The number of anilines is 1. The zero-order chi connectivity index (χ0) is 29.6. The van der Waals surface area contributed by atoms with Crippen molar-refractivity contribution in [2.24, 2.45) is 0 Å². The first-order valence-electron chi connectivity index (χ1n) is 13.1. The Morgan fingerprint density at radius 1 is 1.17 bits per heavy atom. The molecule has 41 heavy (non-hydrogen) atoms. The summed E-state index contributed by atoms with van der Waals surface area (Å²) < 4.78 is 31.9. The van der Waals surface area contributed by atoms with Crippen LogP contribution in [0.1, 0.15) is 38.1 Å². The predicted molar refractivity (Wildman–Crippen MR) is 150 cm³/mol. The lowest BCUT2D eigenvalue weighted by molar-refractivity contribution is -0.126. The third kappa shape index (κ3) is 4.79. The Hall–Kier alpha value is -4.74. The molecule has 1 amide bonds. The van der Waals surface area contributed by atoms with Crippen molar-refractivity contribution >= 4 is 22.8 Å². The second-order valence-corrected chi connectivity index (χ2v) is 10.3. The summed E-state index contributed by atoms with van der Waals surface area (Å²) in [4.78, 5) is 47.0. The van der Waals surface area contributed by atoms with Crippen LogP contribution in [0.25, 0.3) is 28.0 Å². The number of aromatic nitrogens is 5. The third-order valence-corrected chi connectivity index (χ3v) is 7.22. The molecule has 0 radical (unpaired) electrons. The molecule has 1 saturated heterocycles. The first kappa shape index (κ1) is 27.8. The van der Waals surface area contributed by atoms with Gasteiger partial charge in [-0.05, 0) is 44.0 Å². The fourth-order valence-electron chi connectivity index (χ4n) is 5.23. The number of phenols is 1. The number of fused-ring (bicyclic) bond motifs is 1. The summed E-state index contributed by atoms with van der Waals surface area (Å²) in [7, 11) is 0. The van der Waals surface area contributed by atoms with E-state index in [9.17, 15) is 19.1 Å². The third-order valence-electron chi connectivity index (χ3n) is 7.22. The zero-order valence-electron chi connectivity index (χ0n) is 23.1. The van der Waals surface area contributed by atoms with Gasteiger partial charge in [-0.3, -0.25) is 4.79 Å². The summed E-state index contributed by atoms with van der Waals surface area (Å²) in [5.41, 5.74) is -0.265. The number of piperazine rings is 1. The zero-order valence-corrected chi connectivity index (χ0v) is 23.1. The van der Waals surface area contributed by atoms with E-state index in [4.69, 9.17) is 0 Å². The van der Waals surface area contributed by atoms with E-state index in [0.717, 1.165) is 12.1 Å². The summed E-state index contributed by atoms with van der Waals surface area (Å²) in [6, 6.07) is 4.47. The normalized spacial score (nSPS) is 15.5. The molecule has 0 bridgehead atoms. The van der Waals surface area contributed by atoms with Gasteiger partial charge in [-0.15, -0.1) is 0 Å². The number of rotatable bonds is 5. The predicted octanol–water partition coefficient (Wildman–Crippen LogP) is 3.88. The molecule has 12 heteroatoms. The summed E-state index contributed by atoms with van der Waals surface area (Å²) in [6.45, 7) is 11.9. The largest absolute Gasteiger partial charge is 0.507 e. The molecule has 5 rings (SSSR count). The average Bonchev–Trinajstić information content (AvgIpc) is 2.93. The molecule has 1 aromatic carbocycles. The molecule has 1 aliphatic heterocycles. The van der Waals surface area contributed by atoms with Crippen molar-refractivity contribution in [1.82, 2.24) is 29.4 Å². The van der Waals surface area contributed by atoms with Gasteiger partial charge in [-0.25, -0.2) is 33.1 Å². The fraction of sp³-hybridized carbons (Fsp3) is 0.310. The topological polar surface area (TPSA) is 117 Å². The highest BCUT2D eigenvalue weighted by Crippen LogP contribution is 2.36. The van der Waals surface area contributed by atoms with Crippen LogP contribution in [0.5, 0.6) is 5.75 Å². The molecule has 4 aromatic rings. The van der Waals surface area contributed by atoms with Gasteiger partial charge in [0, 0.05) is 25.7 Å². The molecule has 0 saturated carbocycles. The minimum atomic E-state index is -0.913. The first-order chi connectivity index (χ1) is 19.5. The second kappa shape index (κ2) is 10.7. The molecule has 1 fully saturated rings. The molecule has 3 aromatic heterocycles. The van der Waals surface area contributed by atoms with Gasteiger partial charge < -0.3 is 14.9 Å². The highest BCUT2D eigenvalue weighted by Gasteiger charge is 2.31. The van der Waals surface area contributed by atoms with Crippen LogP contribution in [0, 0.1) is 18.6 Å². The lowest BCUT2D eigenvalue weighted by Gasteiger charge is -2.40. The van der Waals surface area contributed by atoms with Crippen LogP contribution in [-0.2, 0) is 4.79 Å². The molecule has 1 aliphatic rings. The van der Waals surface area contributed by atoms with Crippen LogP contribution in [-0.4, -0.2) is 66.1 Å². The molecule has 10 nitrogen and oxygen atoms in total. The quantitative estimate of drug-likeness (QED) is 0.365. The molecule has 0 spiro atoms. The van der Waals surface area contributed by atoms with Crippen LogP contribution < -0.4 is 10.6 Å². The van der Waals surface area contributed by atoms with Crippen LogP contribution in [0.4, 0.5) is 14.6 Å². The second-order valence-electron chi connectivity index (χ2n) is 10.3. The molecule has 4 heterocycles. The Kier molecular flexibility index (Phi) is 7.24. The lowest BCUT2D eigenvalue weighted by atomic mass is 10.1. The van der Waals surface area contributed by atoms with Crippen molar-refractivity contribution < 1.29 is 18.7 Å². The van der Waals surface area contributed by atoms with E-state index < -0.39 is 34.3 Å². The molecular formula is C29H29F2N7O3. The maximum Gasteiger partial charge on any atom is 0.355 e. The number of hydrogen-bond acceptors (Lipinski definition) is 8. The van der Waals surface area contributed by atoms with Gasteiger partial charge in [0.2, 0.25) is 5.91 Å². The van der Waals surface area contributed by atoms with Crippen LogP contribution >= 0.6 is 0 Å². The minimum absolute atomic E-state index is 0.00403. The molecule has 212 valence electrons. The van der Waals surface area contributed by atoms with Gasteiger partial charge in [-0.2, -0.15) is 4.98 Å². The number of hydrogen-bond donors (Lipinski definition) is 1. The smallest absolute Gasteiger partial charge is 0.355 e. The van der Waals surface area contributed by atoms with Crippen molar-refractivity contribution in [3.05, 3.63) is 76.8 Å². The monoisotopic (exact) mass is 561 g/mol. The van der Waals surface area contributed by atoms with Gasteiger partial charge >= 0.3 is 5.69 Å². The summed E-state index contributed by atoms with van der Waals surface area (Å²) in [5, 5.41) is 10.6. The van der Waals surface area contributed by atoms with Gasteiger partial charge in [0.1, 0.15) is 29.4 Å². The van der Waals surface area contributed by atoms with Crippen molar-refractivity contribution in [2.75, 3.05) is 24.5 Å². The van der Waals surface area contributed by atoms with Crippen molar-refractivity contribution in [1.29, 1.82) is 0 Å². The van der Waals surface area contributed by atoms with Gasteiger partial charge in [0.15, 0.2) is 11.5 Å². The number of carbonyl (C=O) groups excluding carboxylic acids is 1. The van der Waals surface area contributed by atoms with Crippen LogP contribution in [0.15, 0.2) is 48.0 Å². The number of phenolic OH excluding ortho intramolecular Hbond substituents is 1. The molecule has 1 unspecified atom stereocenters. The Morgan fingerprint density at radius 3 is 2.59 bits per heavy atom. The highest BCUT2D eigenvalue weighted by molar-refractivity contribution is 5.91. The van der Waals surface area contributed by atoms with Crippen molar-refractivity contribution in [2.45, 2.75) is 39.7 Å². The number of amides is 1. The highest BCUT2D eigenvalue weighted by atomic mass is 19.1. The SMILES string of the molecule is C=CC(=O)N1CCN(c2nc(=O)n(-c3c(C)ncnc3C(C)C)c3nc(-c4c(O)cccc4F)c(F)cc23)C(C)C1. The summed E-state index contributed by atoms with van der Waals surface area (Å²) in [5.74, 6) is -2.46. The molecule has 0 aliphatic carbocycles. The Balaban J connectivity index is 1.83. The maximum absolute atomic E-state index is 15.8. The molecular weight excluding hydrogens is 532 g/mol. The van der Waals surface area contributed by atoms with Crippen LogP contribution in [0.3, 0.4) is 0 Å². The number of aromatic hydroxyl groups is 1. The molecule has 1 N–H and O–H groups in total. The number of carbonyl (C=O) groups is 1. The summed E-state index contributed by atoms with van der Waals surface area (Å²) in [6.07, 6.45) is 2.64. The molecule has 1 atom stereocenters. The number of halogens is 2. The number of benzene rings is 1. The van der Waals surface area contributed by atoms with E-state index in [1.165, 1.54) is 29.1 Å². The van der Waals surface area contributed by atoms with Crippen molar-refractivity contribution in [3.63, 3.8) is 0 Å². The van der Waals surface area contributed by atoms with E-state index in [-0.39, 0.29) is 34.7 Å². The van der Waals surface area contributed by atoms with E-state index in [2.05, 4.69) is 26.5 Å². The van der Waals surface area contributed by atoms with Crippen molar-refractivity contribution in [3.8, 4) is 22.7 Å². The van der Waals surface area contributed by atoms with E-state index in [1.807, 2.05) is 25.7 Å². The number of aryl methyl sites for hydroxylation is 1. The Labute approximate surface area is 234 Å². The lowest BCUT2D eigenvalue weighted by Crippen LogP contribution is -2.54. The average molecular weight is 562 g/mol. The standard InChI is InChI=1S/C29H29F2N7O3/c1-6-22(40)36-10-11-37(16(4)13-36)27-18-12-20(31)25(23-19(30)8-7-9-21(23)39)34-28(18)38(29(41)35-27)26-17(5)32-14-33-24(26)15(2)3/h6-9,12,14-16,39H,1,10-11,13H2,2-5H3. The minimum Gasteiger partial charge on any atom is -0.507 e. The van der Waals surface area contributed by atoms with E-state index in [0.29, 0.717) is 36.7 Å².